The largest absolute Gasteiger partial charge is 0.0808 e. The van der Waals surface area contributed by atoms with E-state index >= 15 is 0 Å². The normalized spacial score (nSPS) is 24.8. The Morgan fingerprint density at radius 3 is 2.00 bits per heavy atom. The second-order valence-electron chi connectivity index (χ2n) is 3.20. The summed E-state index contributed by atoms with van der Waals surface area (Å²) in [5, 5.41) is 0. The lowest BCUT2D eigenvalue weighted by Crippen LogP contribution is -2.07. The van der Waals surface area contributed by atoms with Crippen LogP contribution in [0.5, 0.6) is 0 Å². The standard InChI is InChI=1S/C9H13/c1-8-4-6-9(2,3)7-5-8/h4-8H,1H2,2-3H3. The van der Waals surface area contributed by atoms with E-state index in [1.165, 1.54) is 0 Å². The Morgan fingerprint density at radius 2 is 1.67 bits per heavy atom. The van der Waals surface area contributed by atoms with E-state index in [-0.39, 0.29) is 5.41 Å². The number of hydrogen-bond donors (Lipinski definition) is 0. The topological polar surface area (TPSA) is 0 Å². The summed E-state index contributed by atoms with van der Waals surface area (Å²) >= 11 is 0. The summed E-state index contributed by atoms with van der Waals surface area (Å²) in [6, 6.07) is 0. The quantitative estimate of drug-likeness (QED) is 0.432. The number of hydrogen-bond acceptors (Lipinski definition) is 0. The molecule has 49 valence electrons. The van der Waals surface area contributed by atoms with Gasteiger partial charge in [-0.25, -0.2) is 0 Å². The van der Waals surface area contributed by atoms with Crippen LogP contribution < -0.4 is 0 Å². The van der Waals surface area contributed by atoms with E-state index in [2.05, 4.69) is 45.1 Å². The van der Waals surface area contributed by atoms with Crippen LogP contribution in [0.25, 0.3) is 0 Å². The average molecular weight is 121 g/mol. The molecule has 0 atom stereocenters. The minimum absolute atomic E-state index is 0.258. The molecule has 0 nitrogen and oxygen atoms in total. The molecule has 0 spiro atoms. The third kappa shape index (κ3) is 1.70. The van der Waals surface area contributed by atoms with Crippen molar-refractivity contribution in [3.8, 4) is 0 Å². The van der Waals surface area contributed by atoms with Gasteiger partial charge >= 0.3 is 0 Å². The first-order valence-electron chi connectivity index (χ1n) is 3.32. The highest BCUT2D eigenvalue weighted by Gasteiger charge is 2.12. The molecule has 0 heteroatoms. The fourth-order valence-electron chi connectivity index (χ4n) is 0.863. The summed E-state index contributed by atoms with van der Waals surface area (Å²) in [6.45, 7) is 8.26. The summed E-state index contributed by atoms with van der Waals surface area (Å²) in [5.74, 6) is 0.387. The van der Waals surface area contributed by atoms with Crippen molar-refractivity contribution in [2.75, 3.05) is 0 Å². The van der Waals surface area contributed by atoms with Crippen LogP contribution in [0.2, 0.25) is 0 Å². The molecular formula is C9H13. The van der Waals surface area contributed by atoms with Crippen LogP contribution >= 0.6 is 0 Å². The SMILES string of the molecule is [CH2]C1C=CC(C)(C)C=C1. The van der Waals surface area contributed by atoms with Gasteiger partial charge in [-0.15, -0.1) is 0 Å². The Morgan fingerprint density at radius 1 is 1.22 bits per heavy atom. The molecule has 1 rings (SSSR count). The van der Waals surface area contributed by atoms with Gasteiger partial charge in [0.1, 0.15) is 0 Å². The van der Waals surface area contributed by atoms with E-state index in [1.54, 1.807) is 0 Å². The summed E-state index contributed by atoms with van der Waals surface area (Å²) in [7, 11) is 0. The molecule has 9 heavy (non-hydrogen) atoms. The summed E-state index contributed by atoms with van der Waals surface area (Å²) in [4.78, 5) is 0. The number of rotatable bonds is 0. The third-order valence-electron chi connectivity index (χ3n) is 1.55. The van der Waals surface area contributed by atoms with Crippen molar-refractivity contribution >= 4 is 0 Å². The number of allylic oxidation sites excluding steroid dienone is 4. The molecule has 0 N–H and O–H groups in total. The second kappa shape index (κ2) is 2.02. The van der Waals surface area contributed by atoms with E-state index in [4.69, 9.17) is 0 Å². The van der Waals surface area contributed by atoms with E-state index < -0.39 is 0 Å². The van der Waals surface area contributed by atoms with Crippen molar-refractivity contribution in [1.82, 2.24) is 0 Å². The van der Waals surface area contributed by atoms with E-state index in [0.29, 0.717) is 5.92 Å². The monoisotopic (exact) mass is 121 g/mol. The molecule has 1 aliphatic rings. The molecule has 0 fully saturated rings. The smallest absolute Gasteiger partial charge is 0.000483 e. The molecule has 1 aliphatic carbocycles. The van der Waals surface area contributed by atoms with Crippen LogP contribution in [-0.2, 0) is 0 Å². The van der Waals surface area contributed by atoms with Gasteiger partial charge in [0.15, 0.2) is 0 Å². The van der Waals surface area contributed by atoms with Crippen molar-refractivity contribution in [2.45, 2.75) is 13.8 Å². The first kappa shape index (κ1) is 6.60. The predicted molar refractivity (Wildman–Crippen MR) is 40.9 cm³/mol. The summed E-state index contributed by atoms with van der Waals surface area (Å²) in [5.41, 5.74) is 0.258. The van der Waals surface area contributed by atoms with Crippen molar-refractivity contribution in [3.63, 3.8) is 0 Å². The van der Waals surface area contributed by atoms with Gasteiger partial charge in [0.05, 0.1) is 0 Å². The molecule has 0 heterocycles. The van der Waals surface area contributed by atoms with Crippen molar-refractivity contribution in [3.05, 3.63) is 31.2 Å². The highest BCUT2D eigenvalue weighted by atomic mass is 14.2. The molecular weight excluding hydrogens is 108 g/mol. The lowest BCUT2D eigenvalue weighted by molar-refractivity contribution is 0.606. The Labute approximate surface area is 57.3 Å². The maximum Gasteiger partial charge on any atom is 0.000483 e. The Balaban J connectivity index is 2.70. The molecule has 0 aromatic carbocycles. The zero-order chi connectivity index (χ0) is 6.91. The molecule has 0 aromatic rings. The van der Waals surface area contributed by atoms with Crippen LogP contribution in [0.4, 0.5) is 0 Å². The first-order valence-corrected chi connectivity index (χ1v) is 3.32. The van der Waals surface area contributed by atoms with Gasteiger partial charge in [-0.1, -0.05) is 38.2 Å². The van der Waals surface area contributed by atoms with Gasteiger partial charge in [0.2, 0.25) is 0 Å². The molecule has 0 unspecified atom stereocenters. The van der Waals surface area contributed by atoms with Crippen molar-refractivity contribution < 1.29 is 0 Å². The first-order chi connectivity index (χ1) is 4.10. The summed E-state index contributed by atoms with van der Waals surface area (Å²) < 4.78 is 0. The van der Waals surface area contributed by atoms with Crippen LogP contribution in [0, 0.1) is 18.3 Å². The fourth-order valence-corrected chi connectivity index (χ4v) is 0.863. The van der Waals surface area contributed by atoms with Crippen molar-refractivity contribution in [1.29, 1.82) is 0 Å². The van der Waals surface area contributed by atoms with Gasteiger partial charge in [-0.3, -0.25) is 0 Å². The Bertz CT molecular complexity index is 133. The zero-order valence-corrected chi connectivity index (χ0v) is 6.09. The highest BCUT2D eigenvalue weighted by Crippen LogP contribution is 2.24. The molecule has 0 bridgehead atoms. The second-order valence-corrected chi connectivity index (χ2v) is 3.20. The molecule has 0 saturated carbocycles. The van der Waals surface area contributed by atoms with Crippen LogP contribution in [-0.4, -0.2) is 0 Å². The van der Waals surface area contributed by atoms with Gasteiger partial charge < -0.3 is 0 Å². The third-order valence-corrected chi connectivity index (χ3v) is 1.55. The molecule has 0 aromatic heterocycles. The van der Waals surface area contributed by atoms with Gasteiger partial charge in [-0.05, 0) is 12.8 Å². The van der Waals surface area contributed by atoms with Gasteiger partial charge in [0, 0.05) is 5.41 Å². The fraction of sp³-hybridized carbons (Fsp3) is 0.444. The van der Waals surface area contributed by atoms with Gasteiger partial charge in [0.25, 0.3) is 0 Å². The van der Waals surface area contributed by atoms with Crippen LogP contribution in [0.3, 0.4) is 0 Å². The van der Waals surface area contributed by atoms with Gasteiger partial charge in [-0.2, -0.15) is 0 Å². The maximum atomic E-state index is 3.89. The van der Waals surface area contributed by atoms with Crippen molar-refractivity contribution in [2.24, 2.45) is 11.3 Å². The predicted octanol–water partition coefficient (Wildman–Crippen LogP) is 2.59. The highest BCUT2D eigenvalue weighted by molar-refractivity contribution is 5.18. The molecule has 1 radical (unpaired) electrons. The van der Waals surface area contributed by atoms with Crippen LogP contribution in [0.1, 0.15) is 13.8 Å². The minimum atomic E-state index is 0.258. The molecule has 0 saturated heterocycles. The minimum Gasteiger partial charge on any atom is -0.0808 e. The average Bonchev–Trinajstić information content (AvgIpc) is 1.78. The lowest BCUT2D eigenvalue weighted by atomic mass is 9.86. The van der Waals surface area contributed by atoms with Crippen LogP contribution in [0.15, 0.2) is 24.3 Å². The zero-order valence-electron chi connectivity index (χ0n) is 6.09. The lowest BCUT2D eigenvalue weighted by Gasteiger charge is -2.19. The summed E-state index contributed by atoms with van der Waals surface area (Å²) in [6.07, 6.45) is 8.68. The molecule has 0 amide bonds. The molecule has 0 aliphatic heterocycles. The Hall–Kier alpha value is -0.520. The van der Waals surface area contributed by atoms with E-state index in [9.17, 15) is 0 Å². The Kier molecular flexibility index (Phi) is 1.48. The van der Waals surface area contributed by atoms with E-state index in [1.807, 2.05) is 0 Å². The maximum absolute atomic E-state index is 3.89. The van der Waals surface area contributed by atoms with E-state index in [0.717, 1.165) is 0 Å².